The van der Waals surface area contributed by atoms with Gasteiger partial charge in [0.1, 0.15) is 5.82 Å². The molecule has 1 aliphatic rings. The van der Waals surface area contributed by atoms with Crippen LogP contribution in [0.25, 0.3) is 0 Å². The summed E-state index contributed by atoms with van der Waals surface area (Å²) >= 11 is 7.33. The van der Waals surface area contributed by atoms with Crippen LogP contribution in [0.2, 0.25) is 5.02 Å². The molecule has 1 amide bonds. The molecule has 1 fully saturated rings. The summed E-state index contributed by atoms with van der Waals surface area (Å²) in [6, 6.07) is 6.00. The highest BCUT2D eigenvalue weighted by Crippen LogP contribution is 2.41. The summed E-state index contributed by atoms with van der Waals surface area (Å²) < 4.78 is 16.2. The van der Waals surface area contributed by atoms with Gasteiger partial charge in [0.15, 0.2) is 5.13 Å². The second-order valence-corrected chi connectivity index (χ2v) is 12.1. The zero-order valence-corrected chi connectivity index (χ0v) is 21.9. The lowest BCUT2D eigenvalue weighted by molar-refractivity contribution is -0.117. The minimum Gasteiger partial charge on any atom is -0.301 e. The normalized spacial score (nSPS) is 21.1. The van der Waals surface area contributed by atoms with E-state index in [4.69, 9.17) is 16.7 Å². The first kappa shape index (κ1) is 24.8. The first-order valence-corrected chi connectivity index (χ1v) is 12.6. The SMILES string of the molecule is CC(C)(C)c1csc(NC(=O)[C@@H]2C[C@@H](c3ccn(C(C)(C)C)n3)[C@H](c3ccc(Cl)c(F)c3)N2)n1. The van der Waals surface area contributed by atoms with Crippen LogP contribution in [-0.2, 0) is 15.7 Å². The Hall–Kier alpha value is -2.29. The number of hydrogen-bond donors (Lipinski definition) is 2. The average Bonchev–Trinajstić information content (AvgIpc) is 3.47. The molecule has 0 unspecified atom stereocenters. The van der Waals surface area contributed by atoms with E-state index in [-0.39, 0.29) is 33.8 Å². The zero-order chi connectivity index (χ0) is 24.8. The van der Waals surface area contributed by atoms with Gasteiger partial charge in [-0.1, -0.05) is 38.4 Å². The maximum absolute atomic E-state index is 14.3. The Kier molecular flexibility index (Phi) is 6.61. The van der Waals surface area contributed by atoms with E-state index >= 15 is 0 Å². The third-order valence-electron chi connectivity index (χ3n) is 6.07. The Balaban J connectivity index is 1.60. The first-order chi connectivity index (χ1) is 15.8. The molecule has 3 atom stereocenters. The van der Waals surface area contributed by atoms with Gasteiger partial charge in [-0.15, -0.1) is 11.3 Å². The molecule has 1 saturated heterocycles. The number of benzene rings is 1. The van der Waals surface area contributed by atoms with Gasteiger partial charge in [0.2, 0.25) is 5.91 Å². The van der Waals surface area contributed by atoms with Crippen molar-refractivity contribution in [2.75, 3.05) is 5.32 Å². The van der Waals surface area contributed by atoms with Crippen molar-refractivity contribution < 1.29 is 9.18 Å². The summed E-state index contributed by atoms with van der Waals surface area (Å²) in [6.07, 6.45) is 2.48. The van der Waals surface area contributed by atoms with Crippen LogP contribution >= 0.6 is 22.9 Å². The number of carbonyl (C=O) groups is 1. The van der Waals surface area contributed by atoms with Crippen molar-refractivity contribution in [2.24, 2.45) is 0 Å². The Morgan fingerprint density at radius 2 is 1.97 bits per heavy atom. The van der Waals surface area contributed by atoms with Crippen LogP contribution in [0, 0.1) is 5.82 Å². The van der Waals surface area contributed by atoms with E-state index in [1.807, 2.05) is 22.3 Å². The predicted molar refractivity (Wildman–Crippen MR) is 135 cm³/mol. The van der Waals surface area contributed by atoms with Crippen molar-refractivity contribution in [3.63, 3.8) is 0 Å². The third kappa shape index (κ3) is 5.19. The number of rotatable bonds is 4. The molecule has 1 aromatic carbocycles. The monoisotopic (exact) mass is 503 g/mol. The van der Waals surface area contributed by atoms with Gasteiger partial charge in [0, 0.05) is 29.0 Å². The Bertz CT molecular complexity index is 1190. The number of nitrogens with zero attached hydrogens (tertiary/aromatic N) is 3. The predicted octanol–water partition coefficient (Wildman–Crippen LogP) is 6.01. The van der Waals surface area contributed by atoms with Crippen LogP contribution in [0.5, 0.6) is 0 Å². The van der Waals surface area contributed by atoms with E-state index in [0.717, 1.165) is 17.0 Å². The van der Waals surface area contributed by atoms with Gasteiger partial charge >= 0.3 is 0 Å². The molecule has 0 bridgehead atoms. The minimum atomic E-state index is -0.481. The number of carbonyl (C=O) groups excluding carboxylic acids is 1. The van der Waals surface area contributed by atoms with Crippen LogP contribution in [0.4, 0.5) is 9.52 Å². The van der Waals surface area contributed by atoms with Gasteiger partial charge in [-0.05, 0) is 51.0 Å². The first-order valence-electron chi connectivity index (χ1n) is 11.4. The van der Waals surface area contributed by atoms with Crippen molar-refractivity contribution in [1.82, 2.24) is 20.1 Å². The van der Waals surface area contributed by atoms with E-state index in [1.165, 1.54) is 17.4 Å². The van der Waals surface area contributed by atoms with Gasteiger partial charge in [0.05, 0.1) is 28.0 Å². The number of hydrogen-bond acceptors (Lipinski definition) is 5. The third-order valence-corrected chi connectivity index (χ3v) is 7.14. The van der Waals surface area contributed by atoms with Crippen molar-refractivity contribution in [2.45, 2.75) is 76.9 Å². The highest BCUT2D eigenvalue weighted by atomic mass is 35.5. The fraction of sp³-hybridized carbons (Fsp3) is 0.480. The van der Waals surface area contributed by atoms with Crippen LogP contribution in [0.3, 0.4) is 0 Å². The smallest absolute Gasteiger partial charge is 0.243 e. The number of aromatic nitrogens is 3. The van der Waals surface area contributed by atoms with E-state index in [2.05, 4.69) is 57.2 Å². The fourth-order valence-electron chi connectivity index (χ4n) is 4.08. The van der Waals surface area contributed by atoms with E-state index in [9.17, 15) is 9.18 Å². The van der Waals surface area contributed by atoms with Gasteiger partial charge < -0.3 is 5.32 Å². The van der Waals surface area contributed by atoms with Crippen molar-refractivity contribution in [3.05, 3.63) is 63.6 Å². The van der Waals surface area contributed by atoms with Gasteiger partial charge in [0.25, 0.3) is 0 Å². The van der Waals surface area contributed by atoms with Crippen LogP contribution in [-0.4, -0.2) is 26.7 Å². The molecular formula is C25H31ClFN5OS. The molecule has 2 aromatic heterocycles. The maximum atomic E-state index is 14.3. The highest BCUT2D eigenvalue weighted by molar-refractivity contribution is 7.14. The standard InChI is InChI=1S/C25H31ClFN5OS/c1-24(2,3)20-13-34-23(29-20)30-22(33)19-12-15(18-9-10-32(31-18)25(4,5)6)21(28-19)14-7-8-16(26)17(27)11-14/h7-11,13,15,19,21,28H,12H2,1-6H3,(H,29,30,33)/t15-,19-,21-/m0/s1. The largest absolute Gasteiger partial charge is 0.301 e. The number of anilines is 1. The van der Waals surface area contributed by atoms with Crippen LogP contribution in [0.1, 0.15) is 76.9 Å². The number of thiazole rings is 1. The molecule has 0 saturated carbocycles. The molecule has 0 aliphatic carbocycles. The Labute approximate surface area is 208 Å². The lowest BCUT2D eigenvalue weighted by Crippen LogP contribution is -2.36. The summed E-state index contributed by atoms with van der Waals surface area (Å²) in [4.78, 5) is 17.8. The van der Waals surface area contributed by atoms with Crippen molar-refractivity contribution >= 4 is 34.0 Å². The lowest BCUT2D eigenvalue weighted by Gasteiger charge is -2.21. The quantitative estimate of drug-likeness (QED) is 0.457. The molecule has 0 radical (unpaired) electrons. The Morgan fingerprint density at radius 1 is 1.24 bits per heavy atom. The molecule has 3 aromatic rings. The summed E-state index contributed by atoms with van der Waals surface area (Å²) in [5, 5.41) is 13.8. The average molecular weight is 504 g/mol. The topological polar surface area (TPSA) is 71.8 Å². The number of halogens is 2. The number of nitrogens with one attached hydrogen (secondary N) is 2. The second-order valence-electron chi connectivity index (χ2n) is 10.8. The number of amides is 1. The molecule has 182 valence electrons. The molecule has 9 heteroatoms. The van der Waals surface area contributed by atoms with E-state index in [0.29, 0.717) is 11.6 Å². The summed E-state index contributed by atoms with van der Waals surface area (Å²) in [7, 11) is 0. The molecule has 1 aliphatic heterocycles. The molecule has 2 N–H and O–H groups in total. The lowest BCUT2D eigenvalue weighted by atomic mass is 9.90. The molecule has 6 nitrogen and oxygen atoms in total. The highest BCUT2D eigenvalue weighted by Gasteiger charge is 2.41. The van der Waals surface area contributed by atoms with Crippen LogP contribution < -0.4 is 10.6 Å². The zero-order valence-electron chi connectivity index (χ0n) is 20.3. The summed E-state index contributed by atoms with van der Waals surface area (Å²) in [5.41, 5.74) is 2.27. The Morgan fingerprint density at radius 3 is 2.56 bits per heavy atom. The molecule has 0 spiro atoms. The molecule has 4 rings (SSSR count). The van der Waals surface area contributed by atoms with E-state index in [1.54, 1.807) is 12.1 Å². The van der Waals surface area contributed by atoms with Gasteiger partial charge in [-0.3, -0.25) is 14.8 Å². The summed E-state index contributed by atoms with van der Waals surface area (Å²) in [6.45, 7) is 12.5. The van der Waals surface area contributed by atoms with Crippen LogP contribution in [0.15, 0.2) is 35.8 Å². The molecule has 3 heterocycles. The summed E-state index contributed by atoms with van der Waals surface area (Å²) in [5.74, 6) is -0.751. The van der Waals surface area contributed by atoms with E-state index < -0.39 is 11.9 Å². The molecular weight excluding hydrogens is 473 g/mol. The van der Waals surface area contributed by atoms with Crippen molar-refractivity contribution in [3.8, 4) is 0 Å². The van der Waals surface area contributed by atoms with Gasteiger partial charge in [-0.2, -0.15) is 5.10 Å². The minimum absolute atomic E-state index is 0.0722. The second kappa shape index (κ2) is 9.06. The van der Waals surface area contributed by atoms with Crippen molar-refractivity contribution in [1.29, 1.82) is 0 Å². The molecule has 34 heavy (non-hydrogen) atoms. The maximum Gasteiger partial charge on any atom is 0.243 e. The van der Waals surface area contributed by atoms with Gasteiger partial charge in [-0.25, -0.2) is 9.37 Å². The fourth-order valence-corrected chi connectivity index (χ4v) is 5.13.